The van der Waals surface area contributed by atoms with E-state index in [9.17, 15) is 9.90 Å². The molecule has 0 unspecified atom stereocenters. The van der Waals surface area contributed by atoms with Crippen LogP contribution in [0.15, 0.2) is 46.0 Å². The predicted molar refractivity (Wildman–Crippen MR) is 88.9 cm³/mol. The molecule has 2 rings (SSSR count). The normalized spacial score (nSPS) is 10.7. The monoisotopic (exact) mass is 382 g/mol. The van der Waals surface area contributed by atoms with Crippen molar-refractivity contribution in [3.05, 3.63) is 57.0 Å². The summed E-state index contributed by atoms with van der Waals surface area (Å²) in [5.41, 5.74) is 3.06. The number of aromatic hydroxyl groups is 1. The van der Waals surface area contributed by atoms with Gasteiger partial charge in [0, 0.05) is 15.1 Å². The van der Waals surface area contributed by atoms with Gasteiger partial charge in [0.15, 0.2) is 0 Å². The van der Waals surface area contributed by atoms with Crippen molar-refractivity contribution >= 4 is 39.7 Å². The molecule has 2 aromatic rings. The number of halogens is 2. The van der Waals surface area contributed by atoms with Gasteiger partial charge in [-0.2, -0.15) is 5.10 Å². The van der Waals surface area contributed by atoms with Crippen molar-refractivity contribution < 1.29 is 14.6 Å². The highest BCUT2D eigenvalue weighted by Crippen LogP contribution is 2.22. The molecule has 7 heteroatoms. The van der Waals surface area contributed by atoms with Gasteiger partial charge in [0.2, 0.25) is 0 Å². The Hall–Kier alpha value is -2.05. The number of nitrogens with one attached hydrogen (secondary N) is 1. The second-order valence-corrected chi connectivity index (χ2v) is 5.60. The number of methoxy groups -OCH3 is 1. The summed E-state index contributed by atoms with van der Waals surface area (Å²) in [5.74, 6) is -0.117. The summed E-state index contributed by atoms with van der Waals surface area (Å²) < 4.78 is 6.05. The zero-order chi connectivity index (χ0) is 16.1. The first-order valence-corrected chi connectivity index (χ1v) is 7.34. The van der Waals surface area contributed by atoms with Crippen molar-refractivity contribution in [2.75, 3.05) is 7.11 Å². The fraction of sp³-hybridized carbons (Fsp3) is 0.0667. The fourth-order valence-electron chi connectivity index (χ4n) is 1.72. The minimum absolute atomic E-state index is 0.0471. The van der Waals surface area contributed by atoms with Crippen LogP contribution in [0.5, 0.6) is 11.5 Å². The van der Waals surface area contributed by atoms with E-state index in [0.29, 0.717) is 16.3 Å². The first kappa shape index (κ1) is 16.3. The first-order valence-electron chi connectivity index (χ1n) is 6.16. The van der Waals surface area contributed by atoms with Crippen LogP contribution in [-0.4, -0.2) is 24.3 Å². The van der Waals surface area contributed by atoms with Gasteiger partial charge >= 0.3 is 0 Å². The minimum atomic E-state index is -0.565. The van der Waals surface area contributed by atoms with Crippen molar-refractivity contribution in [1.82, 2.24) is 5.43 Å². The fourth-order valence-corrected chi connectivity index (χ4v) is 2.27. The van der Waals surface area contributed by atoms with E-state index < -0.39 is 5.91 Å². The molecule has 114 valence electrons. The van der Waals surface area contributed by atoms with Gasteiger partial charge in [0.1, 0.15) is 11.5 Å². The van der Waals surface area contributed by atoms with Gasteiger partial charge in [0.05, 0.1) is 18.9 Å². The highest BCUT2D eigenvalue weighted by Gasteiger charge is 2.10. The van der Waals surface area contributed by atoms with Crippen LogP contribution in [0.1, 0.15) is 15.9 Å². The Labute approximate surface area is 140 Å². The molecule has 1 amide bonds. The van der Waals surface area contributed by atoms with Crippen molar-refractivity contribution in [2.24, 2.45) is 5.10 Å². The number of phenols is 1. The van der Waals surface area contributed by atoms with Crippen molar-refractivity contribution in [3.63, 3.8) is 0 Å². The number of phenolic OH excluding ortho intramolecular Hbond substituents is 1. The molecule has 0 aromatic heterocycles. The third-order valence-corrected chi connectivity index (χ3v) is 3.49. The maximum absolute atomic E-state index is 11.9. The molecule has 0 heterocycles. The topological polar surface area (TPSA) is 70.9 Å². The van der Waals surface area contributed by atoms with Gasteiger partial charge in [-0.15, -0.1) is 0 Å². The largest absolute Gasteiger partial charge is 0.507 e. The number of nitrogens with zero attached hydrogens (tertiary/aromatic N) is 1. The van der Waals surface area contributed by atoms with Crippen LogP contribution in [0.2, 0.25) is 5.02 Å². The minimum Gasteiger partial charge on any atom is -0.507 e. The highest BCUT2D eigenvalue weighted by molar-refractivity contribution is 9.10. The van der Waals surface area contributed by atoms with Crippen molar-refractivity contribution in [2.45, 2.75) is 0 Å². The number of hydrazone groups is 1. The Bertz CT molecular complexity index is 735. The maximum Gasteiger partial charge on any atom is 0.275 e. The summed E-state index contributed by atoms with van der Waals surface area (Å²) in [6.07, 6.45) is 1.45. The smallest absolute Gasteiger partial charge is 0.275 e. The van der Waals surface area contributed by atoms with Crippen LogP contribution in [-0.2, 0) is 0 Å². The van der Waals surface area contributed by atoms with Crippen LogP contribution in [0.3, 0.4) is 0 Å². The number of rotatable bonds is 4. The van der Waals surface area contributed by atoms with E-state index in [1.165, 1.54) is 24.4 Å². The predicted octanol–water partition coefficient (Wildman–Crippen LogP) is 3.58. The van der Waals surface area contributed by atoms with Crippen molar-refractivity contribution in [3.8, 4) is 11.5 Å². The molecule has 22 heavy (non-hydrogen) atoms. The zero-order valence-electron chi connectivity index (χ0n) is 11.5. The number of amides is 1. The van der Waals surface area contributed by atoms with Crippen molar-refractivity contribution in [1.29, 1.82) is 0 Å². The van der Waals surface area contributed by atoms with Crippen LogP contribution in [0, 0.1) is 0 Å². The summed E-state index contributed by atoms with van der Waals surface area (Å²) in [6, 6.07) is 9.60. The molecule has 2 aromatic carbocycles. The lowest BCUT2D eigenvalue weighted by Gasteiger charge is -2.05. The van der Waals surface area contributed by atoms with E-state index in [4.69, 9.17) is 16.3 Å². The summed E-state index contributed by atoms with van der Waals surface area (Å²) in [7, 11) is 1.54. The average molecular weight is 384 g/mol. The molecule has 0 bridgehead atoms. The Morgan fingerprint density at radius 3 is 2.86 bits per heavy atom. The Kier molecular flexibility index (Phi) is 5.41. The van der Waals surface area contributed by atoms with E-state index in [-0.39, 0.29) is 11.3 Å². The summed E-state index contributed by atoms with van der Waals surface area (Å²) >= 11 is 9.14. The van der Waals surface area contributed by atoms with Crippen LogP contribution >= 0.6 is 27.5 Å². The molecule has 0 spiro atoms. The lowest BCUT2D eigenvalue weighted by Crippen LogP contribution is -2.17. The Morgan fingerprint density at radius 2 is 2.14 bits per heavy atom. The molecule has 0 radical (unpaired) electrons. The number of hydrogen-bond acceptors (Lipinski definition) is 4. The molecule has 5 nitrogen and oxygen atoms in total. The molecule has 2 N–H and O–H groups in total. The van der Waals surface area contributed by atoms with Crippen LogP contribution in [0.4, 0.5) is 0 Å². The van der Waals surface area contributed by atoms with E-state index in [2.05, 4.69) is 26.5 Å². The Balaban J connectivity index is 2.14. The standard InChI is InChI=1S/C15H12BrClN2O3/c1-22-14-5-2-10(16)6-9(14)8-18-19-15(21)12-7-11(17)3-4-13(12)20/h2-8,20H,1H3,(H,19,21)/b18-8-. The SMILES string of the molecule is COc1ccc(Br)cc1/C=N\NC(=O)c1cc(Cl)ccc1O. The lowest BCUT2D eigenvalue weighted by atomic mass is 10.2. The molecular formula is C15H12BrClN2O3. The molecule has 0 saturated carbocycles. The van der Waals surface area contributed by atoms with E-state index in [1.54, 1.807) is 19.2 Å². The number of ether oxygens (including phenoxy) is 1. The van der Waals surface area contributed by atoms with Gasteiger partial charge in [-0.3, -0.25) is 4.79 Å². The molecule has 0 aliphatic rings. The van der Waals surface area contributed by atoms with Crippen LogP contribution < -0.4 is 10.2 Å². The zero-order valence-corrected chi connectivity index (χ0v) is 13.9. The molecular weight excluding hydrogens is 372 g/mol. The van der Waals surface area contributed by atoms with Gasteiger partial charge in [0.25, 0.3) is 5.91 Å². The van der Waals surface area contributed by atoms with E-state index in [0.717, 1.165) is 4.47 Å². The van der Waals surface area contributed by atoms with Gasteiger partial charge in [-0.1, -0.05) is 27.5 Å². The first-order chi connectivity index (χ1) is 10.5. The molecule has 0 atom stereocenters. The summed E-state index contributed by atoms with van der Waals surface area (Å²) in [4.78, 5) is 11.9. The molecule has 0 saturated heterocycles. The lowest BCUT2D eigenvalue weighted by molar-refractivity contribution is 0.0952. The second kappa shape index (κ2) is 7.29. The van der Waals surface area contributed by atoms with Crippen LogP contribution in [0.25, 0.3) is 0 Å². The molecule has 0 fully saturated rings. The maximum atomic E-state index is 11.9. The number of benzene rings is 2. The number of hydrogen-bond donors (Lipinski definition) is 2. The summed E-state index contributed by atoms with van der Waals surface area (Å²) in [5, 5.41) is 13.8. The average Bonchev–Trinajstić information content (AvgIpc) is 2.50. The Morgan fingerprint density at radius 1 is 1.36 bits per heavy atom. The van der Waals surface area contributed by atoms with Gasteiger partial charge in [-0.05, 0) is 36.4 Å². The highest BCUT2D eigenvalue weighted by atomic mass is 79.9. The quantitative estimate of drug-likeness (QED) is 0.626. The third-order valence-electron chi connectivity index (χ3n) is 2.76. The number of carbonyl (C=O) groups excluding carboxylic acids is 1. The number of carbonyl (C=O) groups is 1. The third kappa shape index (κ3) is 3.99. The second-order valence-electron chi connectivity index (χ2n) is 4.25. The van der Waals surface area contributed by atoms with E-state index >= 15 is 0 Å². The summed E-state index contributed by atoms with van der Waals surface area (Å²) in [6.45, 7) is 0. The molecule has 0 aliphatic heterocycles. The van der Waals surface area contributed by atoms with Gasteiger partial charge in [-0.25, -0.2) is 5.43 Å². The molecule has 0 aliphatic carbocycles. The van der Waals surface area contributed by atoms with Gasteiger partial charge < -0.3 is 9.84 Å². The van der Waals surface area contributed by atoms with E-state index in [1.807, 2.05) is 6.07 Å².